The Morgan fingerprint density at radius 3 is 2.86 bits per heavy atom. The van der Waals surface area contributed by atoms with Crippen molar-refractivity contribution >= 4 is 11.3 Å². The van der Waals surface area contributed by atoms with Crippen molar-refractivity contribution in [2.24, 2.45) is 0 Å². The fourth-order valence-electron chi connectivity index (χ4n) is 2.36. The van der Waals surface area contributed by atoms with Crippen LogP contribution in [0.25, 0.3) is 0 Å². The highest BCUT2D eigenvalue weighted by molar-refractivity contribution is 7.09. The Bertz CT molecular complexity index is 553. The number of ether oxygens (including phenoxy) is 1. The minimum atomic E-state index is 0.419. The maximum atomic E-state index is 5.31. The molecule has 0 aliphatic heterocycles. The first kappa shape index (κ1) is 16.0. The van der Waals surface area contributed by atoms with E-state index in [-0.39, 0.29) is 0 Å². The van der Waals surface area contributed by atoms with E-state index in [1.807, 2.05) is 6.07 Å². The Hall–Kier alpha value is -1.39. The smallest absolute Gasteiger partial charge is 0.119 e. The van der Waals surface area contributed by atoms with Crippen LogP contribution in [-0.4, -0.2) is 24.7 Å². The average Bonchev–Trinajstić information content (AvgIpc) is 2.90. The van der Waals surface area contributed by atoms with Gasteiger partial charge in [0.25, 0.3) is 0 Å². The predicted octanol–water partition coefficient (Wildman–Crippen LogP) is 3.61. The summed E-state index contributed by atoms with van der Waals surface area (Å²) in [4.78, 5) is 4.59. The number of nitrogens with one attached hydrogen (secondary N) is 1. The van der Waals surface area contributed by atoms with Gasteiger partial charge in [0.15, 0.2) is 0 Å². The molecule has 0 bridgehead atoms. The van der Waals surface area contributed by atoms with Crippen LogP contribution in [0.4, 0.5) is 0 Å². The predicted molar refractivity (Wildman–Crippen MR) is 89.3 cm³/mol. The summed E-state index contributed by atoms with van der Waals surface area (Å²) in [6, 6.07) is 8.74. The van der Waals surface area contributed by atoms with Crippen LogP contribution in [0.2, 0.25) is 0 Å². The highest BCUT2D eigenvalue weighted by atomic mass is 32.1. The van der Waals surface area contributed by atoms with Crippen LogP contribution in [0.5, 0.6) is 5.75 Å². The number of hydrogen-bond donors (Lipinski definition) is 1. The van der Waals surface area contributed by atoms with E-state index in [0.717, 1.165) is 37.3 Å². The number of nitrogens with zero attached hydrogens (tertiary/aromatic N) is 1. The maximum absolute atomic E-state index is 5.31. The van der Waals surface area contributed by atoms with Gasteiger partial charge in [-0.3, -0.25) is 0 Å². The number of thiazole rings is 1. The van der Waals surface area contributed by atoms with Crippen LogP contribution in [-0.2, 0) is 12.8 Å². The van der Waals surface area contributed by atoms with Gasteiger partial charge in [0.2, 0.25) is 0 Å². The summed E-state index contributed by atoms with van der Waals surface area (Å²) in [6.07, 6.45) is 3.12. The summed E-state index contributed by atoms with van der Waals surface area (Å²) in [7, 11) is 1.71. The first-order chi connectivity index (χ1) is 10.2. The quantitative estimate of drug-likeness (QED) is 0.809. The van der Waals surface area contributed by atoms with Crippen molar-refractivity contribution in [2.45, 2.75) is 39.2 Å². The summed E-state index contributed by atoms with van der Waals surface area (Å²) in [6.45, 7) is 5.29. The number of benzene rings is 1. The van der Waals surface area contributed by atoms with E-state index in [2.05, 4.69) is 47.7 Å². The SMILES string of the molecule is CCCNC(Cc1cccc(OC)c1)Cc1nc(C)cs1. The van der Waals surface area contributed by atoms with Crippen molar-refractivity contribution in [3.63, 3.8) is 0 Å². The third kappa shape index (κ3) is 5.14. The van der Waals surface area contributed by atoms with Crippen LogP contribution < -0.4 is 10.1 Å². The maximum Gasteiger partial charge on any atom is 0.119 e. The molecular formula is C17H24N2OS. The fraction of sp³-hybridized carbons (Fsp3) is 0.471. The zero-order valence-electron chi connectivity index (χ0n) is 13.1. The lowest BCUT2D eigenvalue weighted by Gasteiger charge is -2.18. The van der Waals surface area contributed by atoms with Crippen LogP contribution in [0.15, 0.2) is 29.6 Å². The molecule has 0 radical (unpaired) electrons. The Morgan fingerprint density at radius 2 is 2.19 bits per heavy atom. The summed E-state index contributed by atoms with van der Waals surface area (Å²) in [5.74, 6) is 0.923. The number of methoxy groups -OCH3 is 1. The van der Waals surface area contributed by atoms with Gasteiger partial charge in [-0.05, 0) is 44.0 Å². The lowest BCUT2D eigenvalue weighted by molar-refractivity contribution is 0.413. The van der Waals surface area contributed by atoms with Gasteiger partial charge in [-0.15, -0.1) is 11.3 Å². The molecule has 0 amide bonds. The monoisotopic (exact) mass is 304 g/mol. The molecule has 2 rings (SSSR count). The number of aromatic nitrogens is 1. The summed E-state index contributed by atoms with van der Waals surface area (Å²) in [5.41, 5.74) is 2.42. The molecule has 1 heterocycles. The first-order valence-corrected chi connectivity index (χ1v) is 8.36. The Kier molecular flexibility index (Phi) is 6.21. The molecule has 1 atom stereocenters. The van der Waals surface area contributed by atoms with Crippen LogP contribution in [0, 0.1) is 6.92 Å². The standard InChI is InChI=1S/C17H24N2OS/c1-4-8-18-15(11-17-19-13(2)12-21-17)9-14-6-5-7-16(10-14)20-3/h5-7,10,12,15,18H,4,8-9,11H2,1-3H3. The number of aryl methyl sites for hydroxylation is 1. The van der Waals surface area contributed by atoms with E-state index >= 15 is 0 Å². The molecule has 1 aromatic heterocycles. The highest BCUT2D eigenvalue weighted by Crippen LogP contribution is 2.17. The number of rotatable bonds is 8. The van der Waals surface area contributed by atoms with E-state index in [1.165, 1.54) is 10.6 Å². The van der Waals surface area contributed by atoms with Crippen molar-refractivity contribution in [1.29, 1.82) is 0 Å². The van der Waals surface area contributed by atoms with Gasteiger partial charge in [-0.1, -0.05) is 19.1 Å². The first-order valence-electron chi connectivity index (χ1n) is 7.48. The van der Waals surface area contributed by atoms with Crippen molar-refractivity contribution in [3.05, 3.63) is 45.9 Å². The minimum Gasteiger partial charge on any atom is -0.497 e. The van der Waals surface area contributed by atoms with Gasteiger partial charge in [0, 0.05) is 23.5 Å². The molecule has 21 heavy (non-hydrogen) atoms. The molecule has 0 fully saturated rings. The van der Waals surface area contributed by atoms with E-state index in [4.69, 9.17) is 4.74 Å². The van der Waals surface area contributed by atoms with Gasteiger partial charge < -0.3 is 10.1 Å². The molecule has 0 spiro atoms. The van der Waals surface area contributed by atoms with Gasteiger partial charge in [-0.25, -0.2) is 4.98 Å². The van der Waals surface area contributed by atoms with Crippen molar-refractivity contribution in [1.82, 2.24) is 10.3 Å². The number of hydrogen-bond acceptors (Lipinski definition) is 4. The molecule has 1 N–H and O–H groups in total. The molecule has 4 heteroatoms. The summed E-state index contributed by atoms with van der Waals surface area (Å²) < 4.78 is 5.31. The zero-order chi connectivity index (χ0) is 15.1. The lowest BCUT2D eigenvalue weighted by Crippen LogP contribution is -2.33. The van der Waals surface area contributed by atoms with Crippen LogP contribution in [0.3, 0.4) is 0 Å². The second kappa shape index (κ2) is 8.15. The van der Waals surface area contributed by atoms with Gasteiger partial charge in [0.1, 0.15) is 5.75 Å². The normalized spacial score (nSPS) is 12.3. The van der Waals surface area contributed by atoms with Crippen molar-refractivity contribution in [3.8, 4) is 5.75 Å². The fourth-order valence-corrected chi connectivity index (χ4v) is 3.21. The molecule has 0 aliphatic rings. The van der Waals surface area contributed by atoms with Gasteiger partial charge in [0.05, 0.1) is 12.1 Å². The Morgan fingerprint density at radius 1 is 1.33 bits per heavy atom. The largest absolute Gasteiger partial charge is 0.497 e. The van der Waals surface area contributed by atoms with E-state index in [0.29, 0.717) is 6.04 Å². The summed E-state index contributed by atoms with van der Waals surface area (Å²) >= 11 is 1.75. The molecule has 1 unspecified atom stereocenters. The third-order valence-electron chi connectivity index (χ3n) is 3.39. The molecular weight excluding hydrogens is 280 g/mol. The second-order valence-electron chi connectivity index (χ2n) is 5.29. The van der Waals surface area contributed by atoms with Gasteiger partial charge in [-0.2, -0.15) is 0 Å². The Labute approximate surface area is 131 Å². The molecule has 0 saturated carbocycles. The van der Waals surface area contributed by atoms with Crippen molar-refractivity contribution < 1.29 is 4.74 Å². The molecule has 0 saturated heterocycles. The minimum absolute atomic E-state index is 0.419. The molecule has 1 aromatic carbocycles. The molecule has 3 nitrogen and oxygen atoms in total. The zero-order valence-corrected chi connectivity index (χ0v) is 13.9. The van der Waals surface area contributed by atoms with Gasteiger partial charge >= 0.3 is 0 Å². The highest BCUT2D eigenvalue weighted by Gasteiger charge is 2.12. The van der Waals surface area contributed by atoms with E-state index in [9.17, 15) is 0 Å². The molecule has 114 valence electrons. The Balaban J connectivity index is 2.04. The van der Waals surface area contributed by atoms with E-state index in [1.54, 1.807) is 18.4 Å². The van der Waals surface area contributed by atoms with Crippen LogP contribution >= 0.6 is 11.3 Å². The van der Waals surface area contributed by atoms with E-state index < -0.39 is 0 Å². The third-order valence-corrected chi connectivity index (χ3v) is 4.38. The van der Waals surface area contributed by atoms with Crippen molar-refractivity contribution in [2.75, 3.05) is 13.7 Å². The molecule has 0 aliphatic carbocycles. The van der Waals surface area contributed by atoms with Crippen LogP contribution in [0.1, 0.15) is 29.6 Å². The second-order valence-corrected chi connectivity index (χ2v) is 6.24. The molecule has 2 aromatic rings. The average molecular weight is 304 g/mol. The summed E-state index contributed by atoms with van der Waals surface area (Å²) in [5, 5.41) is 6.97. The topological polar surface area (TPSA) is 34.1 Å². The lowest BCUT2D eigenvalue weighted by atomic mass is 10.0.